The lowest BCUT2D eigenvalue weighted by molar-refractivity contribution is -0.142. The molecule has 2 N–H and O–H groups in total. The van der Waals surface area contributed by atoms with Gasteiger partial charge in [-0.25, -0.2) is 8.78 Å². The number of nitrogen functional groups attached to an aromatic ring is 1. The van der Waals surface area contributed by atoms with Crippen molar-refractivity contribution in [2.75, 3.05) is 12.3 Å². The summed E-state index contributed by atoms with van der Waals surface area (Å²) in [4.78, 5) is 14.8. The van der Waals surface area contributed by atoms with Gasteiger partial charge in [-0.2, -0.15) is 5.26 Å². The van der Waals surface area contributed by atoms with Crippen LogP contribution in [0.15, 0.2) is 6.20 Å². The number of rotatable bonds is 4. The van der Waals surface area contributed by atoms with Crippen LogP contribution in [-0.4, -0.2) is 17.6 Å². The van der Waals surface area contributed by atoms with Crippen LogP contribution in [-0.2, 0) is 16.0 Å². The zero-order valence-corrected chi connectivity index (χ0v) is 9.61. The first-order valence-electron chi connectivity index (χ1n) is 5.12. The highest BCUT2D eigenvalue weighted by atomic mass is 19.3. The van der Waals surface area contributed by atoms with Crippen LogP contribution in [0.25, 0.3) is 0 Å². The summed E-state index contributed by atoms with van der Waals surface area (Å²) in [6.07, 6.45) is -2.36. The molecule has 1 heterocycles. The van der Waals surface area contributed by atoms with Gasteiger partial charge >= 0.3 is 5.97 Å². The predicted octanol–water partition coefficient (Wildman–Crippen LogP) is 1.58. The van der Waals surface area contributed by atoms with E-state index in [1.807, 2.05) is 0 Å². The second-order valence-corrected chi connectivity index (χ2v) is 3.35. The molecule has 0 saturated heterocycles. The van der Waals surface area contributed by atoms with E-state index >= 15 is 0 Å². The molecule has 0 fully saturated rings. The first-order valence-corrected chi connectivity index (χ1v) is 5.12. The summed E-state index contributed by atoms with van der Waals surface area (Å²) in [5, 5.41) is 8.89. The molecule has 0 aliphatic rings. The van der Waals surface area contributed by atoms with E-state index in [-0.39, 0.29) is 23.4 Å². The Labute approximate surface area is 102 Å². The van der Waals surface area contributed by atoms with Gasteiger partial charge in [-0.3, -0.25) is 9.78 Å². The molecule has 5 nitrogen and oxygen atoms in total. The van der Waals surface area contributed by atoms with Crippen molar-refractivity contribution < 1.29 is 18.3 Å². The lowest BCUT2D eigenvalue weighted by Gasteiger charge is -2.10. The molecule has 0 amide bonds. The van der Waals surface area contributed by atoms with Gasteiger partial charge in [0.15, 0.2) is 0 Å². The van der Waals surface area contributed by atoms with E-state index in [1.165, 1.54) is 0 Å². The van der Waals surface area contributed by atoms with Crippen molar-refractivity contribution in [1.82, 2.24) is 4.98 Å². The lowest BCUT2D eigenvalue weighted by atomic mass is 10.0. The predicted molar refractivity (Wildman–Crippen MR) is 58.7 cm³/mol. The largest absolute Gasteiger partial charge is 0.466 e. The minimum Gasteiger partial charge on any atom is -0.466 e. The molecule has 0 radical (unpaired) electrons. The van der Waals surface area contributed by atoms with E-state index in [9.17, 15) is 13.6 Å². The van der Waals surface area contributed by atoms with Gasteiger partial charge in [0.05, 0.1) is 30.5 Å². The molecule has 7 heteroatoms. The summed E-state index contributed by atoms with van der Waals surface area (Å²) >= 11 is 0. The molecule has 0 aromatic carbocycles. The fourth-order valence-electron chi connectivity index (χ4n) is 1.44. The summed E-state index contributed by atoms with van der Waals surface area (Å²) in [6.45, 7) is 1.72. The minimum absolute atomic E-state index is 0.0406. The third kappa shape index (κ3) is 2.91. The van der Waals surface area contributed by atoms with E-state index in [0.717, 1.165) is 6.20 Å². The van der Waals surface area contributed by atoms with Crippen LogP contribution in [0.5, 0.6) is 0 Å². The number of hydrogen-bond acceptors (Lipinski definition) is 5. The zero-order valence-electron chi connectivity index (χ0n) is 9.61. The molecule has 1 rings (SSSR count). The monoisotopic (exact) mass is 255 g/mol. The number of esters is 1. The molecule has 0 bridgehead atoms. The Morgan fingerprint density at radius 3 is 2.83 bits per heavy atom. The molecule has 0 spiro atoms. The molecule has 1 aromatic heterocycles. The normalized spacial score (nSPS) is 10.2. The van der Waals surface area contributed by atoms with E-state index in [1.54, 1.807) is 13.0 Å². The quantitative estimate of drug-likeness (QED) is 0.825. The van der Waals surface area contributed by atoms with Crippen molar-refractivity contribution in [2.24, 2.45) is 0 Å². The van der Waals surface area contributed by atoms with E-state index in [0.29, 0.717) is 0 Å². The number of aromatic nitrogens is 1. The Morgan fingerprint density at radius 2 is 2.33 bits per heavy atom. The van der Waals surface area contributed by atoms with Crippen molar-refractivity contribution in [3.05, 3.63) is 23.0 Å². The molecule has 0 unspecified atom stereocenters. The topological polar surface area (TPSA) is 89.0 Å². The molecular weight excluding hydrogens is 244 g/mol. The molecule has 18 heavy (non-hydrogen) atoms. The van der Waals surface area contributed by atoms with Gasteiger partial charge < -0.3 is 10.5 Å². The first-order chi connectivity index (χ1) is 8.51. The average molecular weight is 255 g/mol. The van der Waals surface area contributed by atoms with Crippen LogP contribution in [0.1, 0.15) is 30.2 Å². The van der Waals surface area contributed by atoms with E-state index in [2.05, 4.69) is 9.72 Å². The van der Waals surface area contributed by atoms with Crippen LogP contribution < -0.4 is 5.73 Å². The standard InChI is InChI=1S/C11H11F2N3O2/c1-2-18-9(17)3-6-7(4-14)8(15)5-16-10(6)11(12)13/h5,11H,2-3,15H2,1H3. The zero-order chi connectivity index (χ0) is 13.7. The number of anilines is 1. The first kappa shape index (κ1) is 13.8. The van der Waals surface area contributed by atoms with Crippen molar-refractivity contribution >= 4 is 11.7 Å². The van der Waals surface area contributed by atoms with Crippen molar-refractivity contribution in [3.63, 3.8) is 0 Å². The van der Waals surface area contributed by atoms with Crippen LogP contribution in [0.3, 0.4) is 0 Å². The Morgan fingerprint density at radius 1 is 1.67 bits per heavy atom. The second kappa shape index (κ2) is 5.91. The van der Waals surface area contributed by atoms with Crippen LogP contribution >= 0.6 is 0 Å². The number of nitrogens with two attached hydrogens (primary N) is 1. The third-order valence-electron chi connectivity index (χ3n) is 2.19. The van der Waals surface area contributed by atoms with Crippen molar-refractivity contribution in [1.29, 1.82) is 5.26 Å². The van der Waals surface area contributed by atoms with Gasteiger partial charge in [-0.1, -0.05) is 0 Å². The number of hydrogen-bond donors (Lipinski definition) is 1. The van der Waals surface area contributed by atoms with Gasteiger partial charge in [0.1, 0.15) is 11.8 Å². The maximum absolute atomic E-state index is 12.7. The van der Waals surface area contributed by atoms with Gasteiger partial charge in [-0.15, -0.1) is 0 Å². The molecule has 0 saturated carbocycles. The smallest absolute Gasteiger partial charge is 0.310 e. The summed E-state index contributed by atoms with van der Waals surface area (Å²) in [7, 11) is 0. The lowest BCUT2D eigenvalue weighted by Crippen LogP contribution is -2.13. The van der Waals surface area contributed by atoms with E-state index < -0.39 is 24.5 Å². The Kier molecular flexibility index (Phi) is 4.54. The molecule has 0 aliphatic carbocycles. The number of nitriles is 1. The fraction of sp³-hybridized carbons (Fsp3) is 0.364. The fourth-order valence-corrected chi connectivity index (χ4v) is 1.44. The van der Waals surface area contributed by atoms with Gasteiger partial charge in [0, 0.05) is 5.56 Å². The molecule has 0 aliphatic heterocycles. The highest BCUT2D eigenvalue weighted by Crippen LogP contribution is 2.26. The molecule has 1 aromatic rings. The van der Waals surface area contributed by atoms with Crippen LogP contribution in [0, 0.1) is 11.3 Å². The number of carbonyl (C=O) groups is 1. The maximum atomic E-state index is 12.7. The molecule has 0 atom stereocenters. The number of halogens is 2. The maximum Gasteiger partial charge on any atom is 0.310 e. The number of carbonyl (C=O) groups excluding carboxylic acids is 1. The Balaban J connectivity index is 3.24. The summed E-state index contributed by atoms with van der Waals surface area (Å²) in [5.74, 6) is -0.705. The molecule has 96 valence electrons. The highest BCUT2D eigenvalue weighted by molar-refractivity contribution is 5.75. The number of pyridine rings is 1. The SMILES string of the molecule is CCOC(=O)Cc1c(C(F)F)ncc(N)c1C#N. The van der Waals surface area contributed by atoms with Crippen molar-refractivity contribution in [3.8, 4) is 6.07 Å². The van der Waals surface area contributed by atoms with Crippen LogP contribution in [0.2, 0.25) is 0 Å². The van der Waals surface area contributed by atoms with Gasteiger partial charge in [-0.05, 0) is 6.92 Å². The highest BCUT2D eigenvalue weighted by Gasteiger charge is 2.22. The minimum atomic E-state index is -2.89. The number of nitrogens with zero attached hydrogens (tertiary/aromatic N) is 2. The number of ether oxygens (including phenoxy) is 1. The van der Waals surface area contributed by atoms with E-state index in [4.69, 9.17) is 11.0 Å². The van der Waals surface area contributed by atoms with Crippen molar-refractivity contribution in [2.45, 2.75) is 19.8 Å². The van der Waals surface area contributed by atoms with Crippen LogP contribution in [0.4, 0.5) is 14.5 Å². The summed E-state index contributed by atoms with van der Waals surface area (Å²) in [6, 6.07) is 1.70. The summed E-state index contributed by atoms with van der Waals surface area (Å²) in [5.41, 5.74) is 4.48. The summed E-state index contributed by atoms with van der Waals surface area (Å²) < 4.78 is 30.2. The van der Waals surface area contributed by atoms with Gasteiger partial charge in [0.25, 0.3) is 6.43 Å². The Hall–Kier alpha value is -2.23. The second-order valence-electron chi connectivity index (χ2n) is 3.35. The third-order valence-corrected chi connectivity index (χ3v) is 2.19. The average Bonchev–Trinajstić information content (AvgIpc) is 2.29. The number of alkyl halides is 2. The Bertz CT molecular complexity index is 498. The molecular formula is C11H11F2N3O2. The van der Waals surface area contributed by atoms with Gasteiger partial charge in [0.2, 0.25) is 0 Å².